The molecule has 1 aromatic rings. The number of hydrogen-bond donors (Lipinski definition) is 2. The first-order chi connectivity index (χ1) is 11.1. The van der Waals surface area contributed by atoms with E-state index in [1.807, 2.05) is 0 Å². The van der Waals surface area contributed by atoms with E-state index >= 15 is 0 Å². The maximum Gasteiger partial charge on any atom is 0.335 e. The second-order valence-electron chi connectivity index (χ2n) is 5.68. The van der Waals surface area contributed by atoms with Crippen LogP contribution in [0.2, 0.25) is 0 Å². The number of carbonyl (C=O) groups is 3. The molecule has 6 nitrogen and oxygen atoms in total. The zero-order chi connectivity index (χ0) is 16.7. The molecule has 0 bridgehead atoms. The molecule has 1 aromatic carbocycles. The number of aryl methyl sites for hydroxylation is 1. The van der Waals surface area contributed by atoms with Gasteiger partial charge in [0.2, 0.25) is 11.8 Å². The van der Waals surface area contributed by atoms with Crippen LogP contribution >= 0.6 is 0 Å². The standard InChI is InChI=1S/C17H22N2O4/c20-15(18-12-16(21)19-10-4-1-5-11-19)9-8-13-6-2-3-7-14(13)17(22)23/h2-3,6-7H,1,4-5,8-12H2,(H,18,20)(H,22,23). The third-order valence-corrected chi connectivity index (χ3v) is 4.01. The lowest BCUT2D eigenvalue weighted by atomic mass is 10.0. The van der Waals surface area contributed by atoms with E-state index in [0.717, 1.165) is 32.4 Å². The minimum absolute atomic E-state index is 0.0133. The molecule has 0 spiro atoms. The molecule has 1 saturated heterocycles. The highest BCUT2D eigenvalue weighted by atomic mass is 16.4. The van der Waals surface area contributed by atoms with Crippen molar-refractivity contribution in [3.63, 3.8) is 0 Å². The summed E-state index contributed by atoms with van der Waals surface area (Å²) in [6, 6.07) is 6.63. The number of likely N-dealkylation sites (tertiary alicyclic amines) is 1. The topological polar surface area (TPSA) is 86.7 Å². The SMILES string of the molecule is O=C(CCc1ccccc1C(=O)O)NCC(=O)N1CCCCC1. The molecule has 1 heterocycles. The Hall–Kier alpha value is -2.37. The van der Waals surface area contributed by atoms with Crippen LogP contribution in [0.4, 0.5) is 0 Å². The number of carbonyl (C=O) groups excluding carboxylic acids is 2. The highest BCUT2D eigenvalue weighted by Gasteiger charge is 2.17. The summed E-state index contributed by atoms with van der Waals surface area (Å²) in [7, 11) is 0. The van der Waals surface area contributed by atoms with Gasteiger partial charge >= 0.3 is 5.97 Å². The van der Waals surface area contributed by atoms with Gasteiger partial charge in [0.05, 0.1) is 12.1 Å². The summed E-state index contributed by atoms with van der Waals surface area (Å²) in [5.74, 6) is -1.29. The summed E-state index contributed by atoms with van der Waals surface area (Å²) in [5.41, 5.74) is 0.835. The van der Waals surface area contributed by atoms with Crippen molar-refractivity contribution in [2.75, 3.05) is 19.6 Å². The van der Waals surface area contributed by atoms with Crippen LogP contribution in [0.15, 0.2) is 24.3 Å². The van der Waals surface area contributed by atoms with E-state index in [9.17, 15) is 14.4 Å². The minimum Gasteiger partial charge on any atom is -0.478 e. The Morgan fingerprint density at radius 2 is 1.78 bits per heavy atom. The maximum absolute atomic E-state index is 12.0. The molecule has 0 aliphatic carbocycles. The predicted molar refractivity (Wildman–Crippen MR) is 85.2 cm³/mol. The number of nitrogens with zero attached hydrogens (tertiary/aromatic N) is 1. The van der Waals surface area contributed by atoms with Crippen molar-refractivity contribution in [1.82, 2.24) is 10.2 Å². The number of aromatic carboxylic acids is 1. The minimum atomic E-state index is -0.999. The molecule has 23 heavy (non-hydrogen) atoms. The summed E-state index contributed by atoms with van der Waals surface area (Å²) in [6.07, 6.45) is 3.69. The van der Waals surface area contributed by atoms with Crippen molar-refractivity contribution in [2.24, 2.45) is 0 Å². The Bertz CT molecular complexity index is 580. The fourth-order valence-electron chi connectivity index (χ4n) is 2.71. The first-order valence-corrected chi connectivity index (χ1v) is 7.93. The number of hydrogen-bond acceptors (Lipinski definition) is 3. The van der Waals surface area contributed by atoms with Crippen molar-refractivity contribution >= 4 is 17.8 Å². The highest BCUT2D eigenvalue weighted by molar-refractivity contribution is 5.89. The van der Waals surface area contributed by atoms with E-state index in [0.29, 0.717) is 12.0 Å². The second-order valence-corrected chi connectivity index (χ2v) is 5.68. The van der Waals surface area contributed by atoms with Gasteiger partial charge in [0.15, 0.2) is 0 Å². The molecule has 0 atom stereocenters. The average molecular weight is 318 g/mol. The van der Waals surface area contributed by atoms with Crippen LogP contribution in [-0.4, -0.2) is 47.4 Å². The van der Waals surface area contributed by atoms with Gasteiger partial charge in [0.25, 0.3) is 0 Å². The lowest BCUT2D eigenvalue weighted by molar-refractivity contribution is -0.133. The number of benzene rings is 1. The molecule has 1 fully saturated rings. The number of carboxylic acid groups (broad SMARTS) is 1. The van der Waals surface area contributed by atoms with Gasteiger partial charge < -0.3 is 15.3 Å². The zero-order valence-corrected chi connectivity index (χ0v) is 13.1. The van der Waals surface area contributed by atoms with Gasteiger partial charge in [-0.2, -0.15) is 0 Å². The Balaban J connectivity index is 1.77. The molecule has 124 valence electrons. The molecule has 2 N–H and O–H groups in total. The van der Waals surface area contributed by atoms with Crippen LogP contribution in [-0.2, 0) is 16.0 Å². The number of carboxylic acids is 1. The molecule has 1 aliphatic rings. The third-order valence-electron chi connectivity index (χ3n) is 4.01. The van der Waals surface area contributed by atoms with Crippen LogP contribution in [0.3, 0.4) is 0 Å². The molecular formula is C17H22N2O4. The monoisotopic (exact) mass is 318 g/mol. The van der Waals surface area contributed by atoms with Crippen LogP contribution < -0.4 is 5.32 Å². The molecule has 0 radical (unpaired) electrons. The molecule has 0 unspecified atom stereocenters. The van der Waals surface area contributed by atoms with E-state index in [1.54, 1.807) is 23.1 Å². The molecular weight excluding hydrogens is 296 g/mol. The molecule has 0 saturated carbocycles. The van der Waals surface area contributed by atoms with E-state index in [1.165, 1.54) is 6.07 Å². The van der Waals surface area contributed by atoms with Gasteiger partial charge in [-0.25, -0.2) is 4.79 Å². The van der Waals surface area contributed by atoms with Crippen molar-refractivity contribution in [3.05, 3.63) is 35.4 Å². The third kappa shape index (κ3) is 5.09. The largest absolute Gasteiger partial charge is 0.478 e. The lowest BCUT2D eigenvalue weighted by Gasteiger charge is -2.26. The van der Waals surface area contributed by atoms with Crippen molar-refractivity contribution in [3.8, 4) is 0 Å². The Kier molecular flexibility index (Phi) is 6.14. The van der Waals surface area contributed by atoms with Crippen LogP contribution in [0.25, 0.3) is 0 Å². The Morgan fingerprint density at radius 3 is 2.48 bits per heavy atom. The van der Waals surface area contributed by atoms with Crippen LogP contribution in [0.5, 0.6) is 0 Å². The van der Waals surface area contributed by atoms with E-state index in [-0.39, 0.29) is 30.3 Å². The molecule has 2 amide bonds. The Morgan fingerprint density at radius 1 is 1.09 bits per heavy atom. The van der Waals surface area contributed by atoms with E-state index < -0.39 is 5.97 Å². The van der Waals surface area contributed by atoms with E-state index in [2.05, 4.69) is 5.32 Å². The summed E-state index contributed by atoms with van der Waals surface area (Å²) in [5, 5.41) is 11.7. The lowest BCUT2D eigenvalue weighted by Crippen LogP contribution is -2.42. The summed E-state index contributed by atoms with van der Waals surface area (Å²) >= 11 is 0. The van der Waals surface area contributed by atoms with Crippen molar-refractivity contribution in [1.29, 1.82) is 0 Å². The van der Waals surface area contributed by atoms with Gasteiger partial charge in [-0.15, -0.1) is 0 Å². The van der Waals surface area contributed by atoms with Crippen LogP contribution in [0.1, 0.15) is 41.6 Å². The molecule has 2 rings (SSSR count). The predicted octanol–water partition coefficient (Wildman–Crippen LogP) is 1.45. The van der Waals surface area contributed by atoms with Crippen LogP contribution in [0, 0.1) is 0 Å². The first kappa shape index (κ1) is 17.0. The average Bonchev–Trinajstić information content (AvgIpc) is 2.58. The maximum atomic E-state index is 12.0. The second kappa shape index (κ2) is 8.31. The summed E-state index contributed by atoms with van der Waals surface area (Å²) in [4.78, 5) is 36.7. The van der Waals surface area contributed by atoms with Gasteiger partial charge in [-0.1, -0.05) is 18.2 Å². The van der Waals surface area contributed by atoms with E-state index in [4.69, 9.17) is 5.11 Å². The fraction of sp³-hybridized carbons (Fsp3) is 0.471. The molecule has 0 aromatic heterocycles. The number of rotatable bonds is 6. The Labute approximate surface area is 135 Å². The first-order valence-electron chi connectivity index (χ1n) is 7.93. The summed E-state index contributed by atoms with van der Waals surface area (Å²) in [6.45, 7) is 1.54. The smallest absolute Gasteiger partial charge is 0.335 e. The molecule has 6 heteroatoms. The highest BCUT2D eigenvalue weighted by Crippen LogP contribution is 2.11. The van der Waals surface area contributed by atoms with Gasteiger partial charge in [-0.05, 0) is 37.3 Å². The zero-order valence-electron chi connectivity index (χ0n) is 13.1. The quantitative estimate of drug-likeness (QED) is 0.831. The fourth-order valence-corrected chi connectivity index (χ4v) is 2.71. The van der Waals surface area contributed by atoms with Gasteiger partial charge in [-0.3, -0.25) is 9.59 Å². The number of amides is 2. The number of piperidine rings is 1. The number of nitrogens with one attached hydrogen (secondary N) is 1. The normalized spacial score (nSPS) is 14.3. The van der Waals surface area contributed by atoms with Crippen molar-refractivity contribution < 1.29 is 19.5 Å². The van der Waals surface area contributed by atoms with Gasteiger partial charge in [0, 0.05) is 19.5 Å². The van der Waals surface area contributed by atoms with Gasteiger partial charge in [0.1, 0.15) is 0 Å². The molecule has 1 aliphatic heterocycles. The summed E-state index contributed by atoms with van der Waals surface area (Å²) < 4.78 is 0. The van der Waals surface area contributed by atoms with Crippen molar-refractivity contribution in [2.45, 2.75) is 32.1 Å².